The fourth-order valence-corrected chi connectivity index (χ4v) is 3.04. The minimum absolute atomic E-state index is 0.0427. The van der Waals surface area contributed by atoms with Gasteiger partial charge in [0, 0.05) is 57.5 Å². The summed E-state index contributed by atoms with van der Waals surface area (Å²) in [6.45, 7) is 0. The standard InChI is InChI=1S/C18H13N3O4/c1-25-18(22)10-2-4-12-14(8-20-17(12)6-10)15-9-19-16-5-3-11(21(23)24)7-13(15)16/h2-9,19-20H,1H3. The first-order valence-electron chi connectivity index (χ1n) is 7.54. The smallest absolute Gasteiger partial charge is 0.337 e. The molecule has 2 heterocycles. The van der Waals surface area contributed by atoms with Crippen molar-refractivity contribution in [2.24, 2.45) is 0 Å². The maximum absolute atomic E-state index is 11.7. The molecule has 0 unspecified atom stereocenters. The number of methoxy groups -OCH3 is 1. The second-order valence-electron chi connectivity index (χ2n) is 5.64. The molecule has 7 heteroatoms. The van der Waals surface area contributed by atoms with Gasteiger partial charge >= 0.3 is 5.97 Å². The van der Waals surface area contributed by atoms with Gasteiger partial charge in [0.05, 0.1) is 17.6 Å². The van der Waals surface area contributed by atoms with Crippen molar-refractivity contribution in [2.75, 3.05) is 7.11 Å². The number of nitrogens with zero attached hydrogens (tertiary/aromatic N) is 1. The first-order chi connectivity index (χ1) is 12.1. The Kier molecular flexibility index (Phi) is 3.28. The van der Waals surface area contributed by atoms with E-state index < -0.39 is 10.9 Å². The van der Waals surface area contributed by atoms with Gasteiger partial charge in [0.15, 0.2) is 0 Å². The molecule has 0 fully saturated rings. The number of non-ortho nitro benzene ring substituents is 1. The van der Waals surface area contributed by atoms with E-state index in [4.69, 9.17) is 4.74 Å². The summed E-state index contributed by atoms with van der Waals surface area (Å²) in [5, 5.41) is 12.7. The summed E-state index contributed by atoms with van der Waals surface area (Å²) < 4.78 is 4.74. The Morgan fingerprint density at radius 2 is 1.72 bits per heavy atom. The highest BCUT2D eigenvalue weighted by Gasteiger charge is 2.15. The molecule has 2 aromatic heterocycles. The molecule has 2 N–H and O–H groups in total. The molecule has 7 nitrogen and oxygen atoms in total. The van der Waals surface area contributed by atoms with E-state index in [0.29, 0.717) is 5.56 Å². The van der Waals surface area contributed by atoms with Crippen LogP contribution in [-0.4, -0.2) is 28.0 Å². The Morgan fingerprint density at radius 1 is 1.00 bits per heavy atom. The number of nitro groups is 1. The lowest BCUT2D eigenvalue weighted by atomic mass is 10.0. The van der Waals surface area contributed by atoms with Crippen molar-refractivity contribution in [1.82, 2.24) is 9.97 Å². The summed E-state index contributed by atoms with van der Waals surface area (Å²) in [4.78, 5) is 28.6. The predicted octanol–water partition coefficient (Wildman–Crippen LogP) is 4.01. The average Bonchev–Trinajstić information content (AvgIpc) is 3.23. The van der Waals surface area contributed by atoms with E-state index in [1.165, 1.54) is 13.2 Å². The van der Waals surface area contributed by atoms with E-state index in [1.807, 2.05) is 18.5 Å². The Hall–Kier alpha value is -3.61. The highest BCUT2D eigenvalue weighted by molar-refractivity contribution is 6.06. The van der Waals surface area contributed by atoms with Gasteiger partial charge in [-0.3, -0.25) is 10.1 Å². The zero-order valence-electron chi connectivity index (χ0n) is 13.2. The van der Waals surface area contributed by atoms with Gasteiger partial charge in [0.2, 0.25) is 0 Å². The maximum atomic E-state index is 11.7. The lowest BCUT2D eigenvalue weighted by molar-refractivity contribution is -0.384. The number of aromatic amines is 2. The van der Waals surface area contributed by atoms with Gasteiger partial charge < -0.3 is 14.7 Å². The molecule has 0 aliphatic carbocycles. The van der Waals surface area contributed by atoms with Crippen LogP contribution in [0.5, 0.6) is 0 Å². The van der Waals surface area contributed by atoms with Crippen LogP contribution in [0.25, 0.3) is 32.9 Å². The molecule has 4 rings (SSSR count). The van der Waals surface area contributed by atoms with Gasteiger partial charge in [-0.1, -0.05) is 6.07 Å². The van der Waals surface area contributed by atoms with Crippen LogP contribution >= 0.6 is 0 Å². The van der Waals surface area contributed by atoms with Crippen LogP contribution in [0.15, 0.2) is 48.8 Å². The summed E-state index contributed by atoms with van der Waals surface area (Å²) >= 11 is 0. The SMILES string of the molecule is COC(=O)c1ccc2c(-c3c[nH]c4ccc([N+](=O)[O-])cc34)c[nH]c2c1. The summed E-state index contributed by atoms with van der Waals surface area (Å²) in [5.41, 5.74) is 3.87. The molecule has 0 radical (unpaired) electrons. The van der Waals surface area contributed by atoms with E-state index in [1.54, 1.807) is 24.3 Å². The molecule has 124 valence electrons. The summed E-state index contributed by atoms with van der Waals surface area (Å²) in [6, 6.07) is 9.98. The van der Waals surface area contributed by atoms with Crippen LogP contribution in [0.2, 0.25) is 0 Å². The van der Waals surface area contributed by atoms with Gasteiger partial charge in [-0.25, -0.2) is 4.79 Å². The Labute approximate surface area is 141 Å². The predicted molar refractivity (Wildman–Crippen MR) is 93.6 cm³/mol. The number of benzene rings is 2. The molecule has 0 saturated heterocycles. The number of hydrogen-bond donors (Lipinski definition) is 2. The van der Waals surface area contributed by atoms with Gasteiger partial charge in [0.25, 0.3) is 5.69 Å². The van der Waals surface area contributed by atoms with Gasteiger partial charge in [-0.05, 0) is 18.2 Å². The fourth-order valence-electron chi connectivity index (χ4n) is 3.04. The third-order valence-corrected chi connectivity index (χ3v) is 4.27. The third-order valence-electron chi connectivity index (χ3n) is 4.27. The number of ether oxygens (including phenoxy) is 1. The van der Waals surface area contributed by atoms with Crippen molar-refractivity contribution in [3.8, 4) is 11.1 Å². The lowest BCUT2D eigenvalue weighted by Crippen LogP contribution is -2.00. The summed E-state index contributed by atoms with van der Waals surface area (Å²) in [6.07, 6.45) is 3.65. The number of rotatable bonds is 3. The Morgan fingerprint density at radius 3 is 2.44 bits per heavy atom. The van der Waals surface area contributed by atoms with Gasteiger partial charge in [0.1, 0.15) is 0 Å². The van der Waals surface area contributed by atoms with E-state index in [9.17, 15) is 14.9 Å². The largest absolute Gasteiger partial charge is 0.465 e. The number of aromatic nitrogens is 2. The zero-order chi connectivity index (χ0) is 17.6. The number of carbonyl (C=O) groups is 1. The monoisotopic (exact) mass is 335 g/mol. The topological polar surface area (TPSA) is 101 Å². The van der Waals surface area contributed by atoms with Crippen molar-refractivity contribution in [2.45, 2.75) is 0 Å². The molecule has 4 aromatic rings. The first kappa shape index (κ1) is 14.9. The molecular formula is C18H13N3O4. The van der Waals surface area contributed by atoms with Crippen LogP contribution in [0, 0.1) is 10.1 Å². The molecule has 0 spiro atoms. The highest BCUT2D eigenvalue weighted by Crippen LogP contribution is 2.35. The normalized spacial score (nSPS) is 11.1. The molecule has 0 aliphatic heterocycles. The number of carbonyl (C=O) groups excluding carboxylic acids is 1. The number of hydrogen-bond acceptors (Lipinski definition) is 4. The van der Waals surface area contributed by atoms with E-state index in [2.05, 4.69) is 9.97 Å². The van der Waals surface area contributed by atoms with Crippen molar-refractivity contribution >= 4 is 33.5 Å². The molecule has 0 amide bonds. The van der Waals surface area contributed by atoms with E-state index >= 15 is 0 Å². The molecule has 2 aromatic carbocycles. The fraction of sp³-hybridized carbons (Fsp3) is 0.0556. The average molecular weight is 335 g/mol. The minimum atomic E-state index is -0.409. The number of esters is 1. The van der Waals surface area contributed by atoms with Crippen molar-refractivity contribution in [3.63, 3.8) is 0 Å². The molecular weight excluding hydrogens is 322 g/mol. The number of nitro benzene ring substituents is 1. The molecule has 25 heavy (non-hydrogen) atoms. The lowest BCUT2D eigenvalue weighted by Gasteiger charge is -2.01. The zero-order valence-corrected chi connectivity index (χ0v) is 13.2. The first-order valence-corrected chi connectivity index (χ1v) is 7.54. The third kappa shape index (κ3) is 2.33. The molecule has 0 atom stereocenters. The van der Waals surface area contributed by atoms with E-state index in [0.717, 1.165) is 32.9 Å². The van der Waals surface area contributed by atoms with Gasteiger partial charge in [-0.2, -0.15) is 0 Å². The quantitative estimate of drug-likeness (QED) is 0.335. The highest BCUT2D eigenvalue weighted by atomic mass is 16.6. The minimum Gasteiger partial charge on any atom is -0.465 e. The Balaban J connectivity index is 1.90. The molecule has 0 saturated carbocycles. The van der Waals surface area contributed by atoms with E-state index in [-0.39, 0.29) is 5.69 Å². The molecule has 0 bridgehead atoms. The Bertz CT molecular complexity index is 1140. The number of fused-ring (bicyclic) bond motifs is 2. The maximum Gasteiger partial charge on any atom is 0.337 e. The van der Waals surface area contributed by atoms with Crippen molar-refractivity contribution < 1.29 is 14.5 Å². The van der Waals surface area contributed by atoms with Crippen LogP contribution < -0.4 is 0 Å². The number of H-pyrrole nitrogens is 2. The van der Waals surface area contributed by atoms with Crippen LogP contribution in [-0.2, 0) is 4.74 Å². The van der Waals surface area contributed by atoms with Crippen LogP contribution in [0.4, 0.5) is 5.69 Å². The summed E-state index contributed by atoms with van der Waals surface area (Å²) in [5.74, 6) is -0.402. The van der Waals surface area contributed by atoms with Crippen LogP contribution in [0.3, 0.4) is 0 Å². The second kappa shape index (κ2) is 5.48. The number of nitrogens with one attached hydrogen (secondary N) is 2. The van der Waals surface area contributed by atoms with Crippen molar-refractivity contribution in [3.05, 3.63) is 64.5 Å². The van der Waals surface area contributed by atoms with Gasteiger partial charge in [-0.15, -0.1) is 0 Å². The van der Waals surface area contributed by atoms with Crippen molar-refractivity contribution in [1.29, 1.82) is 0 Å². The molecule has 0 aliphatic rings. The van der Waals surface area contributed by atoms with Crippen LogP contribution in [0.1, 0.15) is 10.4 Å². The summed E-state index contributed by atoms with van der Waals surface area (Å²) in [7, 11) is 1.34. The second-order valence-corrected chi connectivity index (χ2v) is 5.64.